The zero-order valence-electron chi connectivity index (χ0n) is 19.7. The molecule has 0 aliphatic rings. The number of pyridine rings is 1. The molecule has 38 heavy (non-hydrogen) atoms. The Hall–Kier alpha value is -4.40. The maximum Gasteiger partial charge on any atom is 0.433 e. The van der Waals surface area contributed by atoms with E-state index in [2.05, 4.69) is 15.4 Å². The lowest BCUT2D eigenvalue weighted by Gasteiger charge is -2.16. The van der Waals surface area contributed by atoms with Gasteiger partial charge in [0.25, 0.3) is 11.8 Å². The molecule has 3 aromatic heterocycles. The number of rotatable bonds is 7. The van der Waals surface area contributed by atoms with Gasteiger partial charge in [-0.15, -0.1) is 11.3 Å². The first kappa shape index (κ1) is 26.7. The molecule has 0 aliphatic heterocycles. The number of carbonyl (C=O) groups is 2. The Balaban J connectivity index is 1.91. The van der Waals surface area contributed by atoms with E-state index >= 15 is 0 Å². The van der Waals surface area contributed by atoms with Gasteiger partial charge in [-0.1, -0.05) is 19.1 Å². The number of alkyl halides is 3. The summed E-state index contributed by atoms with van der Waals surface area (Å²) in [5.74, 6) is -2.88. The van der Waals surface area contributed by atoms with Gasteiger partial charge in [-0.05, 0) is 47.6 Å². The van der Waals surface area contributed by atoms with Crippen LogP contribution in [0.2, 0.25) is 0 Å². The van der Waals surface area contributed by atoms with Crippen LogP contribution in [0.5, 0.6) is 0 Å². The Kier molecular flexibility index (Phi) is 6.88. The van der Waals surface area contributed by atoms with E-state index in [1.165, 1.54) is 25.1 Å². The van der Waals surface area contributed by atoms with Crippen molar-refractivity contribution in [1.82, 2.24) is 14.8 Å². The minimum Gasteiger partial charge on any atom is -0.365 e. The maximum absolute atomic E-state index is 13.7. The number of fused-ring (bicyclic) bond motifs is 1. The van der Waals surface area contributed by atoms with Gasteiger partial charge in [0.1, 0.15) is 21.2 Å². The van der Waals surface area contributed by atoms with Crippen molar-refractivity contribution in [1.29, 1.82) is 0 Å². The van der Waals surface area contributed by atoms with E-state index in [-0.39, 0.29) is 38.3 Å². The van der Waals surface area contributed by atoms with Gasteiger partial charge in [-0.2, -0.15) is 17.9 Å². The van der Waals surface area contributed by atoms with Crippen molar-refractivity contribution in [2.45, 2.75) is 32.5 Å². The van der Waals surface area contributed by atoms with Gasteiger partial charge < -0.3 is 21.2 Å². The topological polar surface area (TPSA) is 146 Å². The number of aromatic nitrogens is 3. The van der Waals surface area contributed by atoms with Crippen LogP contribution in [0.1, 0.15) is 40.4 Å². The highest BCUT2D eigenvalue weighted by atomic mass is 32.1. The Morgan fingerprint density at radius 3 is 2.42 bits per heavy atom. The summed E-state index contributed by atoms with van der Waals surface area (Å²) in [6.07, 6.45) is -4.72. The first-order valence-corrected chi connectivity index (χ1v) is 11.7. The molecule has 3 heterocycles. The fourth-order valence-electron chi connectivity index (χ4n) is 3.95. The molecule has 1 unspecified atom stereocenters. The number of nitrogens with one attached hydrogen (secondary N) is 1. The van der Waals surface area contributed by atoms with E-state index in [1.54, 1.807) is 6.92 Å². The number of primary amides is 1. The van der Waals surface area contributed by atoms with Crippen molar-refractivity contribution >= 4 is 44.9 Å². The third-order valence-corrected chi connectivity index (χ3v) is 6.76. The van der Waals surface area contributed by atoms with Gasteiger partial charge in [0.05, 0.1) is 22.5 Å². The molecule has 4 rings (SSSR count). The molecule has 3 N–H and O–H groups in total. The molecule has 0 saturated carbocycles. The van der Waals surface area contributed by atoms with Crippen molar-refractivity contribution in [2.75, 3.05) is 5.32 Å². The molecule has 0 spiro atoms. The van der Waals surface area contributed by atoms with E-state index in [1.807, 2.05) is 0 Å². The van der Waals surface area contributed by atoms with Crippen LogP contribution >= 0.6 is 11.3 Å². The monoisotopic (exact) mass is 550 g/mol. The molecule has 0 bridgehead atoms. The Labute approximate surface area is 215 Å². The second-order valence-corrected chi connectivity index (χ2v) is 9.17. The van der Waals surface area contributed by atoms with E-state index in [0.717, 1.165) is 22.9 Å². The van der Waals surface area contributed by atoms with E-state index < -0.39 is 46.3 Å². The summed E-state index contributed by atoms with van der Waals surface area (Å²) in [5, 5.41) is 17.5. The minimum absolute atomic E-state index is 0.00483. The second-order valence-electron chi connectivity index (χ2n) is 8.17. The van der Waals surface area contributed by atoms with E-state index in [4.69, 9.17) is 5.73 Å². The van der Waals surface area contributed by atoms with Gasteiger partial charge in [0.2, 0.25) is 0 Å². The first-order chi connectivity index (χ1) is 17.8. The number of hydrogen-bond acceptors (Lipinski definition) is 7. The van der Waals surface area contributed by atoms with Crippen molar-refractivity contribution < 1.29 is 32.1 Å². The van der Waals surface area contributed by atoms with Crippen LogP contribution in [0.25, 0.3) is 21.3 Å². The van der Waals surface area contributed by atoms with Crippen LogP contribution < -0.4 is 11.1 Å². The minimum atomic E-state index is -4.84. The lowest BCUT2D eigenvalue weighted by molar-refractivity contribution is -0.389. The summed E-state index contributed by atoms with van der Waals surface area (Å²) in [6, 6.07) is 5.44. The SMILES string of the molecule is CCC(C(=O)Nc1c(C(N)=O)sc2nc(C(F)(F)F)cc(-c3ccc(F)cc3)c12)n1nc([N+](=O)[O-])cc1C. The average Bonchev–Trinajstić information content (AvgIpc) is 3.40. The summed E-state index contributed by atoms with van der Waals surface area (Å²) in [5.41, 5.74) is 4.47. The van der Waals surface area contributed by atoms with Crippen LogP contribution in [0.15, 0.2) is 36.4 Å². The number of nitrogens with two attached hydrogens (primary N) is 1. The zero-order valence-corrected chi connectivity index (χ0v) is 20.5. The fraction of sp³-hybridized carbons (Fsp3) is 0.217. The van der Waals surface area contributed by atoms with Gasteiger partial charge in [0, 0.05) is 5.39 Å². The molecular formula is C23H18F4N6O4S. The number of aryl methyl sites for hydroxylation is 1. The smallest absolute Gasteiger partial charge is 0.365 e. The van der Waals surface area contributed by atoms with Crippen molar-refractivity contribution in [3.63, 3.8) is 0 Å². The molecule has 15 heteroatoms. The lowest BCUT2D eigenvalue weighted by Crippen LogP contribution is -2.28. The average molecular weight is 550 g/mol. The van der Waals surface area contributed by atoms with E-state index in [9.17, 15) is 37.3 Å². The standard InChI is InChI=1S/C23H18F4N6O4S/c1-3-14(32-10(2)8-16(31-32)33(36)37)21(35)30-18-17-13(11-4-6-12(24)7-5-11)9-15(23(25,26)27)29-22(17)38-19(18)20(28)34/h4-9,14H,3H2,1-2H3,(H2,28,34)(H,30,35). The van der Waals surface area contributed by atoms with Crippen molar-refractivity contribution in [3.05, 3.63) is 68.6 Å². The van der Waals surface area contributed by atoms with Crippen molar-refractivity contribution in [2.24, 2.45) is 5.73 Å². The van der Waals surface area contributed by atoms with Gasteiger partial charge in [0.15, 0.2) is 6.04 Å². The van der Waals surface area contributed by atoms with Gasteiger partial charge in [-0.3, -0.25) is 9.59 Å². The quantitative estimate of drug-likeness (QED) is 0.183. The molecule has 4 aromatic rings. The second kappa shape index (κ2) is 9.81. The predicted octanol–water partition coefficient (Wildman–Crippen LogP) is 5.22. The molecule has 2 amide bonds. The van der Waals surface area contributed by atoms with Crippen molar-refractivity contribution in [3.8, 4) is 11.1 Å². The predicted molar refractivity (Wildman–Crippen MR) is 130 cm³/mol. The lowest BCUT2D eigenvalue weighted by atomic mass is 10.0. The molecule has 10 nitrogen and oxygen atoms in total. The number of carbonyl (C=O) groups excluding carboxylic acids is 2. The Morgan fingerprint density at radius 2 is 1.89 bits per heavy atom. The Bertz CT molecular complexity index is 1580. The highest BCUT2D eigenvalue weighted by molar-refractivity contribution is 7.21. The van der Waals surface area contributed by atoms with Gasteiger partial charge in [-0.25, -0.2) is 9.37 Å². The van der Waals surface area contributed by atoms with Crippen LogP contribution in [0.4, 0.5) is 29.1 Å². The van der Waals surface area contributed by atoms with Crippen LogP contribution in [-0.2, 0) is 11.0 Å². The molecular weight excluding hydrogens is 532 g/mol. The molecule has 1 atom stereocenters. The summed E-state index contributed by atoms with van der Waals surface area (Å²) in [7, 11) is 0. The van der Waals surface area contributed by atoms with Crippen LogP contribution in [0.3, 0.4) is 0 Å². The molecule has 1 aromatic carbocycles. The summed E-state index contributed by atoms with van der Waals surface area (Å²) < 4.78 is 55.7. The number of thiophene rings is 1. The third kappa shape index (κ3) is 4.91. The highest BCUT2D eigenvalue weighted by Crippen LogP contribution is 2.44. The number of hydrogen-bond donors (Lipinski definition) is 2. The molecule has 0 aliphatic carbocycles. The number of benzene rings is 1. The number of nitro groups is 1. The number of amides is 2. The molecule has 0 saturated heterocycles. The summed E-state index contributed by atoms with van der Waals surface area (Å²) >= 11 is 0.556. The zero-order chi connectivity index (χ0) is 27.9. The van der Waals surface area contributed by atoms with Crippen LogP contribution in [0, 0.1) is 22.9 Å². The third-order valence-electron chi connectivity index (χ3n) is 5.66. The van der Waals surface area contributed by atoms with Crippen LogP contribution in [-0.4, -0.2) is 31.5 Å². The highest BCUT2D eigenvalue weighted by Gasteiger charge is 2.36. The molecule has 0 radical (unpaired) electrons. The normalized spacial score (nSPS) is 12.5. The Morgan fingerprint density at radius 1 is 1.24 bits per heavy atom. The van der Waals surface area contributed by atoms with E-state index in [0.29, 0.717) is 17.0 Å². The van der Waals surface area contributed by atoms with Gasteiger partial charge >= 0.3 is 12.0 Å². The summed E-state index contributed by atoms with van der Waals surface area (Å²) in [4.78, 5) is 39.2. The fourth-order valence-corrected chi connectivity index (χ4v) is 4.95. The largest absolute Gasteiger partial charge is 0.433 e. The number of nitrogens with zero attached hydrogens (tertiary/aromatic N) is 4. The number of anilines is 1. The summed E-state index contributed by atoms with van der Waals surface area (Å²) in [6.45, 7) is 3.14. The first-order valence-electron chi connectivity index (χ1n) is 10.9. The molecule has 198 valence electrons. The molecule has 0 fully saturated rings. The maximum atomic E-state index is 13.7. The number of halogens is 4.